The van der Waals surface area contributed by atoms with Gasteiger partial charge in [0, 0.05) is 18.3 Å². The van der Waals surface area contributed by atoms with Gasteiger partial charge in [0.15, 0.2) is 0 Å². The van der Waals surface area contributed by atoms with Crippen LogP contribution in [0, 0.1) is 17.0 Å². The second kappa shape index (κ2) is 6.08. The number of amides is 1. The van der Waals surface area contributed by atoms with Crippen molar-refractivity contribution in [3.05, 3.63) is 57.3 Å². The minimum absolute atomic E-state index is 0.174. The van der Waals surface area contributed by atoms with E-state index >= 15 is 0 Å². The molecule has 2 aromatic rings. The van der Waals surface area contributed by atoms with Crippen molar-refractivity contribution in [1.82, 2.24) is 5.32 Å². The van der Waals surface area contributed by atoms with Crippen LogP contribution in [0.3, 0.4) is 0 Å². The molecule has 0 saturated carbocycles. The molecule has 1 amide bonds. The van der Waals surface area contributed by atoms with Crippen LogP contribution in [-0.2, 0) is 6.54 Å². The van der Waals surface area contributed by atoms with Gasteiger partial charge in [-0.05, 0) is 30.7 Å². The van der Waals surface area contributed by atoms with Crippen LogP contribution in [0.2, 0.25) is 0 Å². The highest BCUT2D eigenvalue weighted by atomic mass is 16.6. The molecule has 0 aliphatic heterocycles. The molecule has 110 valence electrons. The number of nitrogens with zero attached hydrogens (tertiary/aromatic N) is 1. The lowest BCUT2D eigenvalue weighted by molar-refractivity contribution is -0.402. The number of furan rings is 1. The zero-order chi connectivity index (χ0) is 15.4. The maximum atomic E-state index is 11.6. The lowest BCUT2D eigenvalue weighted by Gasteiger charge is -2.10. The molecule has 0 aliphatic carbocycles. The Balaban J connectivity index is 2.11. The lowest BCUT2D eigenvalue weighted by atomic mass is 10.1. The summed E-state index contributed by atoms with van der Waals surface area (Å²) in [5.41, 5.74) is 2.27. The monoisotopic (exact) mass is 289 g/mol. The maximum Gasteiger partial charge on any atom is 0.433 e. The first-order valence-electron chi connectivity index (χ1n) is 6.31. The van der Waals surface area contributed by atoms with Gasteiger partial charge < -0.3 is 15.1 Å². The van der Waals surface area contributed by atoms with Crippen molar-refractivity contribution in [2.45, 2.75) is 13.5 Å². The van der Waals surface area contributed by atoms with Crippen LogP contribution in [0.4, 0.5) is 11.6 Å². The first-order chi connectivity index (χ1) is 10.0. The second-order valence-electron chi connectivity index (χ2n) is 4.46. The molecule has 2 rings (SSSR count). The summed E-state index contributed by atoms with van der Waals surface area (Å²) in [7, 11) is 1.57. The van der Waals surface area contributed by atoms with E-state index in [2.05, 4.69) is 10.6 Å². The quantitative estimate of drug-likeness (QED) is 0.651. The van der Waals surface area contributed by atoms with Crippen molar-refractivity contribution in [3.8, 4) is 0 Å². The zero-order valence-electron chi connectivity index (χ0n) is 11.7. The summed E-state index contributed by atoms with van der Waals surface area (Å²) in [6, 6.07) is 8.15. The van der Waals surface area contributed by atoms with E-state index in [0.717, 1.165) is 11.3 Å². The minimum atomic E-state index is -0.582. The Kier molecular flexibility index (Phi) is 4.22. The molecule has 0 unspecified atom stereocenters. The van der Waals surface area contributed by atoms with Gasteiger partial charge in [0.1, 0.15) is 10.7 Å². The van der Waals surface area contributed by atoms with Crippen LogP contribution in [-0.4, -0.2) is 17.9 Å². The summed E-state index contributed by atoms with van der Waals surface area (Å²) < 4.78 is 5.06. The molecule has 2 N–H and O–H groups in total. The second-order valence-corrected chi connectivity index (χ2v) is 4.46. The first-order valence-corrected chi connectivity index (χ1v) is 6.31. The van der Waals surface area contributed by atoms with Crippen LogP contribution in [0.5, 0.6) is 0 Å². The number of aryl methyl sites for hydroxylation is 1. The largest absolute Gasteiger partial charge is 0.433 e. The van der Waals surface area contributed by atoms with E-state index < -0.39 is 4.92 Å². The van der Waals surface area contributed by atoms with Gasteiger partial charge in [-0.1, -0.05) is 6.07 Å². The fourth-order valence-corrected chi connectivity index (χ4v) is 1.84. The van der Waals surface area contributed by atoms with Crippen LogP contribution in [0.25, 0.3) is 0 Å². The fraction of sp³-hybridized carbons (Fsp3) is 0.214. The van der Waals surface area contributed by atoms with Crippen molar-refractivity contribution < 1.29 is 14.1 Å². The number of hydrogen-bond acceptors (Lipinski definition) is 5. The predicted molar refractivity (Wildman–Crippen MR) is 77.3 cm³/mol. The molecular formula is C14H15N3O4. The Hall–Kier alpha value is -2.83. The van der Waals surface area contributed by atoms with Crippen LogP contribution in [0.15, 0.2) is 34.7 Å². The van der Waals surface area contributed by atoms with E-state index in [4.69, 9.17) is 4.42 Å². The van der Waals surface area contributed by atoms with Crippen LogP contribution in [0.1, 0.15) is 21.7 Å². The van der Waals surface area contributed by atoms with Crippen molar-refractivity contribution in [2.75, 3.05) is 12.4 Å². The molecule has 0 aliphatic rings. The van der Waals surface area contributed by atoms with E-state index in [0.29, 0.717) is 17.9 Å². The van der Waals surface area contributed by atoms with Crippen LogP contribution >= 0.6 is 0 Å². The highest BCUT2D eigenvalue weighted by Gasteiger charge is 2.12. The van der Waals surface area contributed by atoms with Gasteiger partial charge in [0.05, 0.1) is 12.6 Å². The SMILES string of the molecule is CNC(=O)c1ccc(C)c(NCc2ccc([N+](=O)[O-])o2)c1. The molecule has 7 heteroatoms. The van der Waals surface area contributed by atoms with Gasteiger partial charge in [-0.25, -0.2) is 0 Å². The average molecular weight is 289 g/mol. The molecule has 0 saturated heterocycles. The fourth-order valence-electron chi connectivity index (χ4n) is 1.84. The number of hydrogen-bond donors (Lipinski definition) is 2. The highest BCUT2D eigenvalue weighted by molar-refractivity contribution is 5.95. The van der Waals surface area contributed by atoms with E-state index in [-0.39, 0.29) is 11.8 Å². The third-order valence-electron chi connectivity index (χ3n) is 3.01. The Morgan fingerprint density at radius 2 is 2.10 bits per heavy atom. The summed E-state index contributed by atoms with van der Waals surface area (Å²) in [6.07, 6.45) is 0. The molecule has 7 nitrogen and oxygen atoms in total. The molecule has 0 fully saturated rings. The third kappa shape index (κ3) is 3.38. The summed E-state index contributed by atoms with van der Waals surface area (Å²) in [5.74, 6) is -0.0132. The molecule has 1 aromatic heterocycles. The topological polar surface area (TPSA) is 97.4 Å². The summed E-state index contributed by atoms with van der Waals surface area (Å²) >= 11 is 0. The molecule has 0 spiro atoms. The number of carbonyl (C=O) groups excluding carboxylic acids is 1. The normalized spacial score (nSPS) is 10.2. The third-order valence-corrected chi connectivity index (χ3v) is 3.01. The molecular weight excluding hydrogens is 274 g/mol. The van der Waals surface area contributed by atoms with Gasteiger partial charge in [-0.3, -0.25) is 14.9 Å². The number of rotatable bonds is 5. The van der Waals surface area contributed by atoms with Crippen molar-refractivity contribution in [2.24, 2.45) is 0 Å². The molecule has 0 radical (unpaired) electrons. The van der Waals surface area contributed by atoms with Gasteiger partial charge >= 0.3 is 5.88 Å². The Labute approximate surface area is 121 Å². The van der Waals surface area contributed by atoms with Crippen molar-refractivity contribution in [3.63, 3.8) is 0 Å². The summed E-state index contributed by atoms with van der Waals surface area (Å²) in [6.45, 7) is 2.20. The predicted octanol–water partition coefficient (Wildman–Crippen LogP) is 2.47. The molecule has 0 bridgehead atoms. The molecule has 1 aromatic carbocycles. The summed E-state index contributed by atoms with van der Waals surface area (Å²) in [5, 5.41) is 16.2. The summed E-state index contributed by atoms with van der Waals surface area (Å²) in [4.78, 5) is 21.6. The van der Waals surface area contributed by atoms with Gasteiger partial charge in [-0.2, -0.15) is 0 Å². The van der Waals surface area contributed by atoms with Gasteiger partial charge in [-0.15, -0.1) is 0 Å². The number of nitrogens with one attached hydrogen (secondary N) is 2. The van der Waals surface area contributed by atoms with E-state index in [9.17, 15) is 14.9 Å². The first kappa shape index (κ1) is 14.6. The Morgan fingerprint density at radius 1 is 1.33 bits per heavy atom. The van der Waals surface area contributed by atoms with E-state index in [1.54, 1.807) is 25.2 Å². The number of anilines is 1. The average Bonchev–Trinajstić information content (AvgIpc) is 2.94. The van der Waals surface area contributed by atoms with Crippen molar-refractivity contribution >= 4 is 17.5 Å². The Bertz CT molecular complexity index is 679. The Morgan fingerprint density at radius 3 is 2.71 bits per heavy atom. The van der Waals surface area contributed by atoms with E-state index in [1.807, 2.05) is 13.0 Å². The molecule has 21 heavy (non-hydrogen) atoms. The zero-order valence-corrected chi connectivity index (χ0v) is 11.7. The van der Waals surface area contributed by atoms with Crippen LogP contribution < -0.4 is 10.6 Å². The van der Waals surface area contributed by atoms with Gasteiger partial charge in [0.25, 0.3) is 5.91 Å². The smallest absolute Gasteiger partial charge is 0.404 e. The van der Waals surface area contributed by atoms with Gasteiger partial charge in [0.2, 0.25) is 0 Å². The standard InChI is InChI=1S/C14H15N3O4/c1-9-3-4-10(14(18)15-2)7-12(9)16-8-11-5-6-13(21-11)17(19)20/h3-7,16H,8H2,1-2H3,(H,15,18). The van der Waals surface area contributed by atoms with Crippen molar-refractivity contribution in [1.29, 1.82) is 0 Å². The number of nitro groups is 1. The number of carbonyl (C=O) groups is 1. The molecule has 1 heterocycles. The maximum absolute atomic E-state index is 11.6. The number of benzene rings is 1. The minimum Gasteiger partial charge on any atom is -0.404 e. The molecule has 0 atom stereocenters. The highest BCUT2D eigenvalue weighted by Crippen LogP contribution is 2.20. The van der Waals surface area contributed by atoms with E-state index in [1.165, 1.54) is 6.07 Å². The lowest BCUT2D eigenvalue weighted by Crippen LogP contribution is -2.18.